The number of nitrogens with one attached hydrogen (secondary N) is 1. The molecule has 0 aromatic heterocycles. The molecule has 2 heteroatoms. The minimum Gasteiger partial charge on any atom is -0.313 e. The predicted molar refractivity (Wildman–Crippen MR) is 62.4 cm³/mol. The normalized spacial score (nSPS) is 27.5. The van der Waals surface area contributed by atoms with Crippen LogP contribution in [0.15, 0.2) is 0 Å². The molecule has 0 aliphatic carbocycles. The van der Waals surface area contributed by atoms with Gasteiger partial charge in [0.15, 0.2) is 0 Å². The maximum atomic E-state index is 3.69. The van der Waals surface area contributed by atoms with Gasteiger partial charge in [-0.05, 0) is 30.6 Å². The fraction of sp³-hybridized carbons (Fsp3) is 1.00. The maximum Gasteiger partial charge on any atom is 0.0209 e. The molecule has 1 aliphatic rings. The Hall–Kier alpha value is 0.310. The van der Waals surface area contributed by atoms with Crippen LogP contribution in [0.2, 0.25) is 0 Å². The molecule has 0 bridgehead atoms. The van der Waals surface area contributed by atoms with Gasteiger partial charge in [-0.2, -0.15) is 11.8 Å². The first kappa shape index (κ1) is 11.4. The standard InChI is InChI=1S/C11H23NS/c1-4-5-7-12-10-9-13-8-6-11(10,2)3/h10,12H,4-9H2,1-3H3. The first-order valence-corrected chi connectivity index (χ1v) is 6.63. The summed E-state index contributed by atoms with van der Waals surface area (Å²) in [7, 11) is 0. The van der Waals surface area contributed by atoms with Gasteiger partial charge in [0.25, 0.3) is 0 Å². The van der Waals surface area contributed by atoms with E-state index in [4.69, 9.17) is 0 Å². The van der Waals surface area contributed by atoms with Crippen molar-refractivity contribution < 1.29 is 0 Å². The minimum absolute atomic E-state index is 0.513. The minimum atomic E-state index is 0.513. The first-order chi connectivity index (χ1) is 6.17. The van der Waals surface area contributed by atoms with Gasteiger partial charge in [-0.3, -0.25) is 0 Å². The summed E-state index contributed by atoms with van der Waals surface area (Å²) in [5.41, 5.74) is 0.513. The molecule has 1 nitrogen and oxygen atoms in total. The third-order valence-corrected chi connectivity index (χ3v) is 4.10. The van der Waals surface area contributed by atoms with Crippen LogP contribution in [0, 0.1) is 5.41 Å². The van der Waals surface area contributed by atoms with E-state index < -0.39 is 0 Å². The lowest BCUT2D eigenvalue weighted by Gasteiger charge is -2.38. The molecular weight excluding hydrogens is 178 g/mol. The highest BCUT2D eigenvalue weighted by Crippen LogP contribution is 2.33. The Bertz CT molecular complexity index is 145. The fourth-order valence-corrected chi connectivity index (χ4v) is 3.37. The highest BCUT2D eigenvalue weighted by molar-refractivity contribution is 7.99. The summed E-state index contributed by atoms with van der Waals surface area (Å²) in [4.78, 5) is 0. The summed E-state index contributed by atoms with van der Waals surface area (Å²) in [6, 6.07) is 0.734. The smallest absolute Gasteiger partial charge is 0.0209 e. The molecule has 1 fully saturated rings. The van der Waals surface area contributed by atoms with Crippen molar-refractivity contribution in [2.75, 3.05) is 18.1 Å². The second-order valence-corrected chi connectivity index (χ2v) is 5.82. The van der Waals surface area contributed by atoms with E-state index in [-0.39, 0.29) is 0 Å². The van der Waals surface area contributed by atoms with Gasteiger partial charge in [-0.25, -0.2) is 0 Å². The Morgan fingerprint density at radius 2 is 2.23 bits per heavy atom. The third-order valence-electron chi connectivity index (χ3n) is 3.04. The molecule has 1 unspecified atom stereocenters. The summed E-state index contributed by atoms with van der Waals surface area (Å²) in [5.74, 6) is 2.65. The second kappa shape index (κ2) is 5.26. The van der Waals surface area contributed by atoms with E-state index in [2.05, 4.69) is 37.8 Å². The molecule has 1 heterocycles. The van der Waals surface area contributed by atoms with Gasteiger partial charge in [0.05, 0.1) is 0 Å². The zero-order chi connectivity index (χ0) is 9.73. The summed E-state index contributed by atoms with van der Waals surface area (Å²) in [5, 5.41) is 3.69. The van der Waals surface area contributed by atoms with E-state index in [1.165, 1.54) is 37.3 Å². The van der Waals surface area contributed by atoms with Crippen LogP contribution in [0.3, 0.4) is 0 Å². The van der Waals surface area contributed by atoms with Gasteiger partial charge in [0.2, 0.25) is 0 Å². The van der Waals surface area contributed by atoms with Gasteiger partial charge in [0.1, 0.15) is 0 Å². The lowest BCUT2D eigenvalue weighted by atomic mass is 9.82. The molecule has 1 aliphatic heterocycles. The van der Waals surface area contributed by atoms with E-state index in [9.17, 15) is 0 Å². The van der Waals surface area contributed by atoms with Crippen molar-refractivity contribution in [3.8, 4) is 0 Å². The number of thioether (sulfide) groups is 1. The van der Waals surface area contributed by atoms with Gasteiger partial charge in [-0.15, -0.1) is 0 Å². The molecule has 1 atom stereocenters. The number of hydrogen-bond donors (Lipinski definition) is 1. The van der Waals surface area contributed by atoms with Crippen molar-refractivity contribution in [1.82, 2.24) is 5.32 Å². The molecule has 1 rings (SSSR count). The molecule has 78 valence electrons. The molecule has 1 N–H and O–H groups in total. The zero-order valence-corrected chi connectivity index (χ0v) is 10.0. The molecule has 13 heavy (non-hydrogen) atoms. The summed E-state index contributed by atoms with van der Waals surface area (Å²) in [6.45, 7) is 8.25. The molecule has 0 amide bonds. The largest absolute Gasteiger partial charge is 0.313 e. The van der Waals surface area contributed by atoms with E-state index >= 15 is 0 Å². The van der Waals surface area contributed by atoms with Gasteiger partial charge in [-0.1, -0.05) is 27.2 Å². The van der Waals surface area contributed by atoms with Crippen LogP contribution < -0.4 is 5.32 Å². The summed E-state index contributed by atoms with van der Waals surface area (Å²) >= 11 is 2.10. The zero-order valence-electron chi connectivity index (χ0n) is 9.23. The summed E-state index contributed by atoms with van der Waals surface area (Å²) in [6.07, 6.45) is 3.98. The van der Waals surface area contributed by atoms with E-state index in [0.29, 0.717) is 5.41 Å². The molecule has 0 saturated carbocycles. The Labute approximate surface area is 87.1 Å². The molecule has 0 aromatic carbocycles. The lowest BCUT2D eigenvalue weighted by molar-refractivity contribution is 0.246. The predicted octanol–water partition coefficient (Wildman–Crippen LogP) is 2.91. The van der Waals surface area contributed by atoms with Crippen molar-refractivity contribution in [1.29, 1.82) is 0 Å². The monoisotopic (exact) mass is 201 g/mol. The van der Waals surface area contributed by atoms with Crippen molar-refractivity contribution in [3.05, 3.63) is 0 Å². The lowest BCUT2D eigenvalue weighted by Crippen LogP contribution is -2.46. The van der Waals surface area contributed by atoms with Crippen LogP contribution in [0.1, 0.15) is 40.0 Å². The highest BCUT2D eigenvalue weighted by Gasteiger charge is 2.31. The first-order valence-electron chi connectivity index (χ1n) is 5.48. The van der Waals surface area contributed by atoms with E-state index in [1.807, 2.05) is 0 Å². The van der Waals surface area contributed by atoms with Gasteiger partial charge < -0.3 is 5.32 Å². The van der Waals surface area contributed by atoms with Crippen LogP contribution in [0.5, 0.6) is 0 Å². The SMILES string of the molecule is CCCCNC1CSCCC1(C)C. The third kappa shape index (κ3) is 3.51. The molecule has 0 aromatic rings. The topological polar surface area (TPSA) is 12.0 Å². The van der Waals surface area contributed by atoms with Crippen LogP contribution >= 0.6 is 11.8 Å². The van der Waals surface area contributed by atoms with Crippen LogP contribution in [-0.4, -0.2) is 24.1 Å². The van der Waals surface area contributed by atoms with Crippen molar-refractivity contribution in [2.24, 2.45) is 5.41 Å². The van der Waals surface area contributed by atoms with E-state index in [0.717, 1.165) is 6.04 Å². The number of hydrogen-bond acceptors (Lipinski definition) is 2. The Kier molecular flexibility index (Phi) is 4.60. The number of rotatable bonds is 4. The van der Waals surface area contributed by atoms with E-state index in [1.54, 1.807) is 0 Å². The molecule has 1 saturated heterocycles. The van der Waals surface area contributed by atoms with Gasteiger partial charge in [0, 0.05) is 11.8 Å². The van der Waals surface area contributed by atoms with Gasteiger partial charge >= 0.3 is 0 Å². The highest BCUT2D eigenvalue weighted by atomic mass is 32.2. The van der Waals surface area contributed by atoms with Crippen molar-refractivity contribution in [2.45, 2.75) is 46.1 Å². The molecule has 0 spiro atoms. The maximum absolute atomic E-state index is 3.69. The fourth-order valence-electron chi connectivity index (χ4n) is 1.72. The number of unbranched alkanes of at least 4 members (excludes halogenated alkanes) is 1. The summed E-state index contributed by atoms with van der Waals surface area (Å²) < 4.78 is 0. The Balaban J connectivity index is 2.29. The van der Waals surface area contributed by atoms with Crippen LogP contribution in [-0.2, 0) is 0 Å². The average molecular weight is 201 g/mol. The van der Waals surface area contributed by atoms with Crippen LogP contribution in [0.4, 0.5) is 0 Å². The average Bonchev–Trinajstić information content (AvgIpc) is 2.08. The van der Waals surface area contributed by atoms with Crippen molar-refractivity contribution in [3.63, 3.8) is 0 Å². The second-order valence-electron chi connectivity index (χ2n) is 4.67. The van der Waals surface area contributed by atoms with Crippen LogP contribution in [0.25, 0.3) is 0 Å². The molecular formula is C11H23NS. The Morgan fingerprint density at radius 3 is 2.85 bits per heavy atom. The Morgan fingerprint density at radius 1 is 1.46 bits per heavy atom. The molecule has 0 radical (unpaired) electrons. The quantitative estimate of drug-likeness (QED) is 0.702. The van der Waals surface area contributed by atoms with Crippen molar-refractivity contribution >= 4 is 11.8 Å².